The highest BCUT2D eigenvalue weighted by atomic mass is 35.5. The zero-order valence-electron chi connectivity index (χ0n) is 11.3. The molecule has 0 radical (unpaired) electrons. The highest BCUT2D eigenvalue weighted by Crippen LogP contribution is 2.16. The molecule has 0 aliphatic carbocycles. The Labute approximate surface area is 114 Å². The average Bonchev–Trinajstić information content (AvgIpc) is 2.86. The van der Waals surface area contributed by atoms with Gasteiger partial charge >= 0.3 is 0 Å². The van der Waals surface area contributed by atoms with Gasteiger partial charge in [-0.2, -0.15) is 0 Å². The van der Waals surface area contributed by atoms with E-state index in [-0.39, 0.29) is 12.0 Å². The van der Waals surface area contributed by atoms with Gasteiger partial charge in [0.25, 0.3) is 0 Å². The fourth-order valence-electron chi connectivity index (χ4n) is 1.67. The molecule has 0 saturated carbocycles. The Bertz CT molecular complexity index is 253. The Balaban J connectivity index is 1.96. The topological polar surface area (TPSA) is 47.6 Å². The Morgan fingerprint density at radius 2 is 2.33 bits per heavy atom. The standard InChI is InChI=1S/C13H24ClNO3/c1-13(2,10-14)12(16)15-6-4-7-17-9-11-5-3-8-18-11/h11H,3-10H2,1-2H3,(H,15,16). The van der Waals surface area contributed by atoms with E-state index in [1.54, 1.807) is 0 Å². The smallest absolute Gasteiger partial charge is 0.226 e. The first-order chi connectivity index (χ1) is 8.56. The molecule has 1 saturated heterocycles. The van der Waals surface area contributed by atoms with Crippen LogP contribution in [0.2, 0.25) is 0 Å². The van der Waals surface area contributed by atoms with Gasteiger partial charge in [-0.05, 0) is 33.1 Å². The average molecular weight is 278 g/mol. The summed E-state index contributed by atoms with van der Waals surface area (Å²) in [5.41, 5.74) is -0.500. The van der Waals surface area contributed by atoms with Crippen LogP contribution in [0.4, 0.5) is 0 Å². The van der Waals surface area contributed by atoms with Gasteiger partial charge in [-0.1, -0.05) is 0 Å². The molecule has 1 unspecified atom stereocenters. The van der Waals surface area contributed by atoms with Crippen LogP contribution in [0.5, 0.6) is 0 Å². The molecule has 0 aromatic heterocycles. The molecule has 18 heavy (non-hydrogen) atoms. The minimum absolute atomic E-state index is 0.00312. The molecular weight excluding hydrogens is 254 g/mol. The van der Waals surface area contributed by atoms with Gasteiger partial charge < -0.3 is 14.8 Å². The van der Waals surface area contributed by atoms with Crippen LogP contribution in [-0.2, 0) is 14.3 Å². The van der Waals surface area contributed by atoms with E-state index in [2.05, 4.69) is 5.32 Å². The summed E-state index contributed by atoms with van der Waals surface area (Å²) < 4.78 is 11.0. The van der Waals surface area contributed by atoms with Crippen molar-refractivity contribution in [3.8, 4) is 0 Å². The van der Waals surface area contributed by atoms with Crippen molar-refractivity contribution in [2.75, 3.05) is 32.2 Å². The highest BCUT2D eigenvalue weighted by Gasteiger charge is 2.25. The fourth-order valence-corrected chi connectivity index (χ4v) is 1.79. The molecule has 0 spiro atoms. The lowest BCUT2D eigenvalue weighted by atomic mass is 9.95. The van der Waals surface area contributed by atoms with Gasteiger partial charge in [0, 0.05) is 25.6 Å². The Morgan fingerprint density at radius 3 is 2.94 bits per heavy atom. The maximum Gasteiger partial charge on any atom is 0.226 e. The van der Waals surface area contributed by atoms with Crippen LogP contribution in [0, 0.1) is 5.41 Å². The summed E-state index contributed by atoms with van der Waals surface area (Å²) in [6.07, 6.45) is 3.32. The molecule has 106 valence electrons. The van der Waals surface area contributed by atoms with Crippen LogP contribution in [0.3, 0.4) is 0 Å². The number of alkyl halides is 1. The number of ether oxygens (including phenoxy) is 2. The highest BCUT2D eigenvalue weighted by molar-refractivity contribution is 6.19. The van der Waals surface area contributed by atoms with E-state index >= 15 is 0 Å². The lowest BCUT2D eigenvalue weighted by Gasteiger charge is -2.20. The van der Waals surface area contributed by atoms with Crippen molar-refractivity contribution in [2.24, 2.45) is 5.41 Å². The van der Waals surface area contributed by atoms with Gasteiger partial charge in [0.1, 0.15) is 0 Å². The SMILES string of the molecule is CC(C)(CCl)C(=O)NCCCOCC1CCCO1. The second kappa shape index (κ2) is 7.97. The Morgan fingerprint density at radius 1 is 1.56 bits per heavy atom. The summed E-state index contributed by atoms with van der Waals surface area (Å²) in [6, 6.07) is 0. The quantitative estimate of drug-likeness (QED) is 0.545. The molecule has 1 heterocycles. The number of amides is 1. The first-order valence-corrected chi connectivity index (χ1v) is 7.13. The van der Waals surface area contributed by atoms with Gasteiger partial charge in [-0.15, -0.1) is 11.6 Å². The van der Waals surface area contributed by atoms with Gasteiger partial charge in [0.05, 0.1) is 18.1 Å². The summed E-state index contributed by atoms with van der Waals surface area (Å²) >= 11 is 5.72. The number of carbonyl (C=O) groups excluding carboxylic acids is 1. The Kier molecular flexibility index (Phi) is 6.97. The van der Waals surface area contributed by atoms with Gasteiger partial charge in [-0.25, -0.2) is 0 Å². The predicted octanol–water partition coefficient (Wildman–Crippen LogP) is 1.95. The maximum absolute atomic E-state index is 11.7. The molecule has 1 atom stereocenters. The molecule has 1 aliphatic rings. The second-order valence-corrected chi connectivity index (χ2v) is 5.60. The number of hydrogen-bond donors (Lipinski definition) is 1. The largest absolute Gasteiger partial charge is 0.379 e. The number of nitrogens with one attached hydrogen (secondary N) is 1. The molecule has 1 fully saturated rings. The zero-order valence-corrected chi connectivity index (χ0v) is 12.1. The van der Waals surface area contributed by atoms with E-state index in [0.29, 0.717) is 25.6 Å². The minimum Gasteiger partial charge on any atom is -0.379 e. The normalized spacial score (nSPS) is 20.1. The van der Waals surface area contributed by atoms with Crippen LogP contribution in [0.25, 0.3) is 0 Å². The van der Waals surface area contributed by atoms with E-state index in [1.807, 2.05) is 13.8 Å². The van der Waals surface area contributed by atoms with Gasteiger partial charge in [0.15, 0.2) is 0 Å². The molecule has 0 aromatic carbocycles. The monoisotopic (exact) mass is 277 g/mol. The van der Waals surface area contributed by atoms with Crippen LogP contribution in [0.15, 0.2) is 0 Å². The molecule has 1 rings (SSSR count). The summed E-state index contributed by atoms with van der Waals surface area (Å²) in [5.74, 6) is 0.325. The molecule has 5 heteroatoms. The van der Waals surface area contributed by atoms with E-state index < -0.39 is 5.41 Å². The minimum atomic E-state index is -0.500. The molecular formula is C13H24ClNO3. The molecule has 1 aliphatic heterocycles. The van der Waals surface area contributed by atoms with E-state index in [0.717, 1.165) is 25.9 Å². The lowest BCUT2D eigenvalue weighted by molar-refractivity contribution is -0.128. The van der Waals surface area contributed by atoms with Gasteiger partial charge in [-0.3, -0.25) is 4.79 Å². The van der Waals surface area contributed by atoms with Crippen molar-refractivity contribution in [1.29, 1.82) is 0 Å². The van der Waals surface area contributed by atoms with Crippen molar-refractivity contribution >= 4 is 17.5 Å². The van der Waals surface area contributed by atoms with E-state index in [4.69, 9.17) is 21.1 Å². The number of carbonyl (C=O) groups is 1. The summed E-state index contributed by atoms with van der Waals surface area (Å²) in [5, 5.41) is 2.87. The summed E-state index contributed by atoms with van der Waals surface area (Å²) in [4.78, 5) is 11.7. The molecule has 4 nitrogen and oxygen atoms in total. The summed E-state index contributed by atoms with van der Waals surface area (Å²) in [6.45, 7) is 6.48. The molecule has 1 amide bonds. The van der Waals surface area contributed by atoms with Crippen LogP contribution in [0.1, 0.15) is 33.1 Å². The zero-order chi connectivity index (χ0) is 13.4. The van der Waals surface area contributed by atoms with Crippen molar-refractivity contribution < 1.29 is 14.3 Å². The number of hydrogen-bond acceptors (Lipinski definition) is 3. The van der Waals surface area contributed by atoms with Gasteiger partial charge in [0.2, 0.25) is 5.91 Å². The number of rotatable bonds is 8. The van der Waals surface area contributed by atoms with Crippen molar-refractivity contribution in [3.63, 3.8) is 0 Å². The fraction of sp³-hybridized carbons (Fsp3) is 0.923. The molecule has 0 bridgehead atoms. The summed E-state index contributed by atoms with van der Waals surface area (Å²) in [7, 11) is 0. The number of halogens is 1. The van der Waals surface area contributed by atoms with Crippen molar-refractivity contribution in [1.82, 2.24) is 5.32 Å². The van der Waals surface area contributed by atoms with Crippen LogP contribution >= 0.6 is 11.6 Å². The Hall–Kier alpha value is -0.320. The van der Waals surface area contributed by atoms with Crippen molar-refractivity contribution in [2.45, 2.75) is 39.2 Å². The first-order valence-electron chi connectivity index (χ1n) is 6.60. The predicted molar refractivity (Wildman–Crippen MR) is 71.9 cm³/mol. The maximum atomic E-state index is 11.7. The third-order valence-corrected chi connectivity index (χ3v) is 3.70. The molecule has 0 aromatic rings. The third-order valence-electron chi connectivity index (χ3n) is 3.03. The lowest BCUT2D eigenvalue weighted by Crippen LogP contribution is -2.38. The van der Waals surface area contributed by atoms with E-state index in [9.17, 15) is 4.79 Å². The van der Waals surface area contributed by atoms with Crippen LogP contribution in [-0.4, -0.2) is 44.3 Å². The van der Waals surface area contributed by atoms with E-state index in [1.165, 1.54) is 0 Å². The van der Waals surface area contributed by atoms with Crippen LogP contribution < -0.4 is 5.32 Å². The second-order valence-electron chi connectivity index (χ2n) is 5.34. The third kappa shape index (κ3) is 5.55. The first kappa shape index (κ1) is 15.7. The van der Waals surface area contributed by atoms with Crippen molar-refractivity contribution in [3.05, 3.63) is 0 Å². The molecule has 1 N–H and O–H groups in total.